The maximum Gasteiger partial charge on any atom is 0.311 e. The molecule has 110 heavy (non-hydrogen) atoms. The molecule has 6 aliphatic rings. The van der Waals surface area contributed by atoms with Crippen molar-refractivity contribution in [1.82, 2.24) is 9.80 Å². The lowest BCUT2D eigenvalue weighted by Crippen LogP contribution is -2.62. The molecule has 0 aliphatic carbocycles. The molecule has 6 fully saturated rings. The minimum Gasteiger partial charge on any atom is -0.459 e. The van der Waals surface area contributed by atoms with Crippen molar-refractivity contribution >= 4 is 23.4 Å². The zero-order chi connectivity index (χ0) is 83.0. The summed E-state index contributed by atoms with van der Waals surface area (Å²) in [5.74, 6) is -9.29. The number of nitrogens with zero attached hydrogens (tertiary/aromatic N) is 4. The van der Waals surface area contributed by atoms with Crippen molar-refractivity contribution in [3.05, 3.63) is 25.3 Å². The first-order chi connectivity index (χ1) is 51.1. The number of carbonyl (C=O) groups is 2. The number of hydrogen-bond donors (Lipinski definition) is 10. The number of carbonyl (C=O) groups excluding carboxylic acids is 2. The third-order valence-electron chi connectivity index (χ3n) is 25.1. The van der Waals surface area contributed by atoms with Crippen molar-refractivity contribution in [2.24, 2.45) is 57.7 Å². The smallest absolute Gasteiger partial charge is 0.311 e. The molecular formula is C80H142N4O26. The average Bonchev–Trinajstić information content (AvgIpc) is 0.777. The van der Waals surface area contributed by atoms with Gasteiger partial charge in [0, 0.05) is 87.7 Å². The minimum absolute atomic E-state index is 0.00540. The van der Waals surface area contributed by atoms with Gasteiger partial charge >= 0.3 is 11.9 Å². The number of aliphatic hydroxyl groups is 10. The lowest BCUT2D eigenvalue weighted by molar-refractivity contribution is -0.319. The van der Waals surface area contributed by atoms with Crippen LogP contribution < -0.4 is 0 Å². The maximum absolute atomic E-state index is 14.8. The van der Waals surface area contributed by atoms with Crippen LogP contribution in [0.3, 0.4) is 0 Å². The van der Waals surface area contributed by atoms with E-state index in [9.17, 15) is 60.7 Å². The highest BCUT2D eigenvalue weighted by molar-refractivity contribution is 5.89. The lowest BCUT2D eigenvalue weighted by Gasteiger charge is -2.49. The zero-order valence-electron chi connectivity index (χ0n) is 70.2. The third-order valence-corrected chi connectivity index (χ3v) is 25.1. The van der Waals surface area contributed by atoms with Gasteiger partial charge in [-0.15, -0.1) is 0 Å². The van der Waals surface area contributed by atoms with E-state index in [0.717, 1.165) is 0 Å². The fourth-order valence-corrected chi connectivity index (χ4v) is 18.0. The molecule has 6 rings (SSSR count). The third kappa shape index (κ3) is 22.0. The molecule has 0 aromatic rings. The van der Waals surface area contributed by atoms with Crippen LogP contribution in [-0.2, 0) is 76.1 Å². The first-order valence-corrected chi connectivity index (χ1v) is 39.8. The molecule has 0 radical (unpaired) electrons. The van der Waals surface area contributed by atoms with Crippen molar-refractivity contribution in [3.8, 4) is 0 Å². The van der Waals surface area contributed by atoms with Gasteiger partial charge in [-0.3, -0.25) is 19.4 Å². The molecule has 0 aromatic carbocycles. The van der Waals surface area contributed by atoms with E-state index in [4.69, 9.17) is 66.5 Å². The Morgan fingerprint density at radius 1 is 0.491 bits per heavy atom. The quantitative estimate of drug-likeness (QED) is 0.0268. The molecular weight excluding hydrogens is 1430 g/mol. The Labute approximate surface area is 653 Å². The van der Waals surface area contributed by atoms with Gasteiger partial charge in [0.2, 0.25) is 0 Å². The van der Waals surface area contributed by atoms with Crippen LogP contribution in [0.5, 0.6) is 0 Å². The first-order valence-electron chi connectivity index (χ1n) is 39.8. The Kier molecular flexibility index (Phi) is 34.3. The number of oxime groups is 2. The molecule has 0 bridgehead atoms. The molecule has 30 heteroatoms. The van der Waals surface area contributed by atoms with E-state index in [-0.39, 0.29) is 63.2 Å². The summed E-state index contributed by atoms with van der Waals surface area (Å²) in [5, 5.41) is 133. The summed E-state index contributed by atoms with van der Waals surface area (Å²) in [7, 11) is 6.64. The zero-order valence-corrected chi connectivity index (χ0v) is 70.2. The number of rotatable bonds is 23. The first kappa shape index (κ1) is 95.3. The molecule has 36 atom stereocenters. The van der Waals surface area contributed by atoms with Gasteiger partial charge in [-0.25, -0.2) is 0 Å². The monoisotopic (exact) mass is 1570 g/mol. The Hall–Kier alpha value is -3.52. The van der Waals surface area contributed by atoms with Gasteiger partial charge in [0.25, 0.3) is 0 Å². The average molecular weight is 1580 g/mol. The normalized spacial score (nSPS) is 47.7. The van der Waals surface area contributed by atoms with Gasteiger partial charge in [-0.05, 0) is 136 Å². The number of aliphatic hydroxyl groups excluding tert-OH is 6. The summed E-state index contributed by atoms with van der Waals surface area (Å²) in [4.78, 5) is 45.0. The van der Waals surface area contributed by atoms with Crippen LogP contribution in [0.1, 0.15) is 190 Å². The van der Waals surface area contributed by atoms with E-state index >= 15 is 0 Å². The highest BCUT2D eigenvalue weighted by Gasteiger charge is 2.57. The van der Waals surface area contributed by atoms with Gasteiger partial charge in [0.1, 0.15) is 61.0 Å². The summed E-state index contributed by atoms with van der Waals surface area (Å²) in [5.41, 5.74) is -9.72. The van der Waals surface area contributed by atoms with Crippen molar-refractivity contribution in [3.63, 3.8) is 0 Å². The SMILES string of the molecule is C=CCO/N=C1\[C@H](C)C[C@](C)(O)[C@H](OC2OC(C)CC(N(C)CCN(C)C3CC(C)OC(O[C@@H]4[C@@H](C)[C@H](OC5CC(C)(OC)C(O)C(C)O5)[C@@H](C)C(=O)O[C@H](CC)[C@@](C)(O)[C@H](O)[C@@H](C)/C(=N/OCC=C)[C@H](C)C[C@]4(C)O)C3O)C2O)[C@@H](C)[C@H](OC2CC(C)(OC)C(O)C(C)O2)[C@@H](C)C(=O)O[C@H](CC)[C@@](C)(O)[C@H](O)[C@H]1C. The Morgan fingerprint density at radius 3 is 1.12 bits per heavy atom. The standard InChI is InChI=1S/C80H142N4O26/c1-27-33-99-81-59-41(5)37-75(17,93)69(47(11)63(107-57-39-77(19,97-25)67(89)51(15)103-57)49(13)71(91)105-55(29-3)79(21,95)65(87)45(59)9)109-73-61(85)53(35-43(7)101-73)83(23)31-32-84(24)54-36-44(8)102-74(62(54)86)110-70-48(12)64(108-58-40-78(20,98-26)68(90)52(16)104-58)50(14)72(92)106-56(30-4)80(22,96)66(88)46(10)60(82-100-34-28-2)42(6)38-76(70,18)94/h27-28,41-58,61-70,73-74,85-90,93-96H,1-2,29-40H2,3-26H3/b81-59+,82-60+/t41-,42-,43?,44?,45+,46+,47+,48+,49-,50-,51?,52?,53?,54?,55-,56-,57?,58?,61?,62?,63+,64+,65-,66-,67?,68?,69-,70-,73?,74?,75+,76+,77?,78?,79-,80-/m1/s1. The molecule has 6 aliphatic heterocycles. The summed E-state index contributed by atoms with van der Waals surface area (Å²) < 4.78 is 77.8. The lowest BCUT2D eigenvalue weighted by atomic mass is 9.73. The van der Waals surface area contributed by atoms with Gasteiger partial charge in [-0.2, -0.15) is 0 Å². The summed E-state index contributed by atoms with van der Waals surface area (Å²) in [6.45, 7) is 41.5. The van der Waals surface area contributed by atoms with E-state index in [1.165, 1.54) is 40.2 Å². The molecule has 6 saturated heterocycles. The van der Waals surface area contributed by atoms with E-state index < -0.39 is 228 Å². The van der Waals surface area contributed by atoms with E-state index in [2.05, 4.69) is 23.5 Å². The van der Waals surface area contributed by atoms with E-state index in [1.807, 2.05) is 37.7 Å². The molecule has 0 aromatic heterocycles. The minimum atomic E-state index is -2.04. The predicted octanol–water partition coefficient (Wildman–Crippen LogP) is 5.30. The number of cyclic esters (lactones) is 2. The molecule has 10 N–H and O–H groups in total. The van der Waals surface area contributed by atoms with Crippen LogP contribution in [0.2, 0.25) is 0 Å². The highest BCUT2D eigenvalue weighted by atomic mass is 16.7. The van der Waals surface area contributed by atoms with Crippen molar-refractivity contribution in [2.75, 3.05) is 54.6 Å². The maximum atomic E-state index is 14.8. The van der Waals surface area contributed by atoms with Crippen LogP contribution in [-0.4, -0.2) is 307 Å². The van der Waals surface area contributed by atoms with Crippen LogP contribution >= 0.6 is 0 Å². The largest absolute Gasteiger partial charge is 0.459 e. The van der Waals surface area contributed by atoms with E-state index in [0.29, 0.717) is 25.9 Å². The number of esters is 2. The van der Waals surface area contributed by atoms with Gasteiger partial charge in [-0.1, -0.05) is 91.0 Å². The van der Waals surface area contributed by atoms with Crippen molar-refractivity contribution < 1.29 is 127 Å². The van der Waals surface area contributed by atoms with Crippen LogP contribution in [0.25, 0.3) is 0 Å². The van der Waals surface area contributed by atoms with Crippen LogP contribution in [0.4, 0.5) is 0 Å². The number of ether oxygens (including phenoxy) is 12. The predicted molar refractivity (Wildman–Crippen MR) is 408 cm³/mol. The second-order valence-corrected chi connectivity index (χ2v) is 34.4. The molecule has 6 heterocycles. The molecule has 16 unspecified atom stereocenters. The van der Waals surface area contributed by atoms with Crippen LogP contribution in [0, 0.1) is 47.3 Å². The summed E-state index contributed by atoms with van der Waals surface area (Å²) in [6.07, 6.45) is -19.9. The summed E-state index contributed by atoms with van der Waals surface area (Å²) >= 11 is 0. The van der Waals surface area contributed by atoms with Gasteiger partial charge in [0.05, 0.1) is 107 Å². The molecule has 0 amide bonds. The fraction of sp³-hybridized carbons (Fsp3) is 0.900. The van der Waals surface area contributed by atoms with E-state index in [1.54, 1.807) is 111 Å². The highest BCUT2D eigenvalue weighted by Crippen LogP contribution is 2.45. The van der Waals surface area contributed by atoms with Gasteiger partial charge in [0.15, 0.2) is 25.2 Å². The van der Waals surface area contributed by atoms with Crippen molar-refractivity contribution in [2.45, 2.75) is 358 Å². The summed E-state index contributed by atoms with van der Waals surface area (Å²) in [6, 6.07) is -1.31. The molecule has 0 saturated carbocycles. The Balaban J connectivity index is 1.35. The Bertz CT molecular complexity index is 2790. The second-order valence-electron chi connectivity index (χ2n) is 34.4. The molecule has 0 spiro atoms. The number of methoxy groups -OCH3 is 2. The number of hydrogen-bond acceptors (Lipinski definition) is 30. The van der Waals surface area contributed by atoms with Gasteiger partial charge < -0.3 is 118 Å². The Morgan fingerprint density at radius 2 is 0.818 bits per heavy atom. The molecule has 30 nitrogen and oxygen atoms in total. The fourth-order valence-electron chi connectivity index (χ4n) is 18.0. The molecule has 638 valence electrons. The topological polar surface area (TPSA) is 397 Å². The van der Waals surface area contributed by atoms with Crippen LogP contribution in [0.15, 0.2) is 35.6 Å². The number of likely N-dealkylation sites (N-methyl/N-ethyl adjacent to an activating group) is 2. The second kappa shape index (κ2) is 39.6. The van der Waals surface area contributed by atoms with Crippen molar-refractivity contribution in [1.29, 1.82) is 0 Å².